The fourth-order valence-electron chi connectivity index (χ4n) is 4.63. The van der Waals surface area contributed by atoms with Gasteiger partial charge in [0.05, 0.1) is 18.9 Å². The third kappa shape index (κ3) is 3.43. The molecule has 2 fully saturated rings. The van der Waals surface area contributed by atoms with Gasteiger partial charge in [-0.05, 0) is 50.7 Å². The third-order valence-electron chi connectivity index (χ3n) is 6.10. The van der Waals surface area contributed by atoms with Gasteiger partial charge in [0.15, 0.2) is 11.4 Å². The molecule has 1 saturated carbocycles. The minimum Gasteiger partial charge on any atom is -0.494 e. The summed E-state index contributed by atoms with van der Waals surface area (Å²) < 4.78 is 6.65. The van der Waals surface area contributed by atoms with Crippen molar-refractivity contribution in [1.82, 2.24) is 14.7 Å². The lowest BCUT2D eigenvalue weighted by Gasteiger charge is -2.44. The van der Waals surface area contributed by atoms with Crippen LogP contribution in [0, 0.1) is 12.8 Å². The van der Waals surface area contributed by atoms with Gasteiger partial charge in [0, 0.05) is 12.6 Å². The van der Waals surface area contributed by atoms with E-state index >= 15 is 0 Å². The van der Waals surface area contributed by atoms with Gasteiger partial charge in [-0.3, -0.25) is 9.59 Å². The van der Waals surface area contributed by atoms with Gasteiger partial charge in [0.2, 0.25) is 0 Å². The average Bonchev–Trinajstić information content (AvgIpc) is 2.73. The lowest BCUT2D eigenvalue weighted by molar-refractivity contribution is 0.0380. The summed E-state index contributed by atoms with van der Waals surface area (Å²) in [5.41, 5.74) is 1.64. The summed E-state index contributed by atoms with van der Waals surface area (Å²) >= 11 is 0. The Hall–Kier alpha value is -2.63. The number of ether oxygens (including phenoxy) is 1. The monoisotopic (exact) mass is 381 g/mol. The lowest BCUT2D eigenvalue weighted by Crippen LogP contribution is -2.50. The van der Waals surface area contributed by atoms with Crippen molar-refractivity contribution in [3.05, 3.63) is 51.9 Å². The van der Waals surface area contributed by atoms with Crippen LogP contribution in [0.25, 0.3) is 5.69 Å². The van der Waals surface area contributed by atoms with Crippen molar-refractivity contribution in [1.29, 1.82) is 0 Å². The molecule has 1 saturated heterocycles. The van der Waals surface area contributed by atoms with E-state index in [1.54, 1.807) is 0 Å². The first-order valence-corrected chi connectivity index (χ1v) is 10.1. The van der Waals surface area contributed by atoms with Gasteiger partial charge in [-0.15, -0.1) is 0 Å². The van der Waals surface area contributed by atoms with Gasteiger partial charge >= 0.3 is 0 Å². The highest BCUT2D eigenvalue weighted by atomic mass is 16.5. The number of hydrogen-bond donors (Lipinski definition) is 0. The maximum atomic E-state index is 13.5. The number of hydrogen-bond acceptors (Lipinski definition) is 4. The van der Waals surface area contributed by atoms with Crippen molar-refractivity contribution in [2.75, 3.05) is 13.7 Å². The molecule has 1 aromatic carbocycles. The van der Waals surface area contributed by atoms with E-state index in [0.717, 1.165) is 24.9 Å². The number of rotatable bonds is 3. The van der Waals surface area contributed by atoms with Crippen molar-refractivity contribution in [3.63, 3.8) is 0 Å². The molecule has 2 heterocycles. The highest BCUT2D eigenvalue weighted by Crippen LogP contribution is 2.36. The van der Waals surface area contributed by atoms with Crippen LogP contribution in [0.5, 0.6) is 5.75 Å². The normalized spacial score (nSPS) is 21.9. The van der Waals surface area contributed by atoms with E-state index in [2.05, 4.69) is 5.10 Å². The molecule has 1 amide bonds. The number of carbonyl (C=O) groups excluding carboxylic acids is 1. The van der Waals surface area contributed by atoms with Gasteiger partial charge in [-0.1, -0.05) is 30.5 Å². The number of aryl methyl sites for hydroxylation is 1. The summed E-state index contributed by atoms with van der Waals surface area (Å²) in [7, 11) is 1.48. The van der Waals surface area contributed by atoms with Crippen LogP contribution in [0.4, 0.5) is 0 Å². The summed E-state index contributed by atoms with van der Waals surface area (Å²) in [4.78, 5) is 28.0. The molecule has 2 aliphatic rings. The number of likely N-dealkylation sites (tertiary alicyclic amines) is 1. The smallest absolute Gasteiger partial charge is 0.278 e. The van der Waals surface area contributed by atoms with E-state index in [9.17, 15) is 9.59 Å². The molecular weight excluding hydrogens is 354 g/mol. The summed E-state index contributed by atoms with van der Waals surface area (Å²) in [6, 6.07) is 9.16. The molecule has 0 unspecified atom stereocenters. The van der Waals surface area contributed by atoms with Crippen molar-refractivity contribution in [2.24, 2.45) is 5.92 Å². The predicted octanol–water partition coefficient (Wildman–Crippen LogP) is 3.34. The number of piperidine rings is 1. The molecule has 0 N–H and O–H groups in total. The SMILES string of the molecule is COc1cc(=O)n(-c2ccc(C)cc2)nc1C(=O)N1CCC[C@H]2CCCC[C@H]21. The van der Waals surface area contributed by atoms with Crippen molar-refractivity contribution < 1.29 is 9.53 Å². The molecule has 2 aromatic rings. The lowest BCUT2D eigenvalue weighted by atomic mass is 9.78. The van der Waals surface area contributed by atoms with Crippen LogP contribution >= 0.6 is 0 Å². The van der Waals surface area contributed by atoms with Gasteiger partial charge in [-0.2, -0.15) is 9.78 Å². The maximum absolute atomic E-state index is 13.5. The van der Waals surface area contributed by atoms with Crippen LogP contribution in [-0.4, -0.2) is 40.3 Å². The van der Waals surface area contributed by atoms with Crippen LogP contribution in [0.2, 0.25) is 0 Å². The van der Waals surface area contributed by atoms with Crippen LogP contribution in [0.1, 0.15) is 54.6 Å². The Balaban J connectivity index is 1.73. The fourth-order valence-corrected chi connectivity index (χ4v) is 4.63. The van der Waals surface area contributed by atoms with Crippen LogP contribution in [0.15, 0.2) is 35.1 Å². The minimum atomic E-state index is -0.313. The predicted molar refractivity (Wildman–Crippen MR) is 107 cm³/mol. The molecule has 0 spiro atoms. The van der Waals surface area contributed by atoms with E-state index < -0.39 is 0 Å². The molecular formula is C22H27N3O3. The second-order valence-corrected chi connectivity index (χ2v) is 7.90. The Morgan fingerprint density at radius 3 is 2.57 bits per heavy atom. The quantitative estimate of drug-likeness (QED) is 0.818. The molecule has 148 valence electrons. The molecule has 2 atom stereocenters. The standard InChI is InChI=1S/C22H27N3O3/c1-15-9-11-17(12-10-15)25-20(26)14-19(28-2)21(23-25)22(27)24-13-5-7-16-6-3-4-8-18(16)24/h9-12,14,16,18H,3-8,13H2,1-2H3/t16-,18-/m1/s1. The highest BCUT2D eigenvalue weighted by molar-refractivity contribution is 5.95. The number of amides is 1. The van der Waals surface area contributed by atoms with Crippen LogP contribution in [-0.2, 0) is 0 Å². The summed E-state index contributed by atoms with van der Waals surface area (Å²) in [5.74, 6) is 0.700. The second kappa shape index (κ2) is 7.78. The zero-order valence-electron chi connectivity index (χ0n) is 16.6. The maximum Gasteiger partial charge on any atom is 0.278 e. The molecule has 4 rings (SSSR count). The Bertz CT molecular complexity index is 918. The van der Waals surface area contributed by atoms with Gasteiger partial charge in [0.25, 0.3) is 11.5 Å². The zero-order chi connectivity index (χ0) is 19.7. The molecule has 6 heteroatoms. The van der Waals surface area contributed by atoms with Gasteiger partial charge < -0.3 is 9.64 Å². The average molecular weight is 381 g/mol. The molecule has 1 aliphatic heterocycles. The van der Waals surface area contributed by atoms with Crippen molar-refractivity contribution >= 4 is 5.91 Å². The molecule has 28 heavy (non-hydrogen) atoms. The van der Waals surface area contributed by atoms with Crippen LogP contribution in [0.3, 0.4) is 0 Å². The Labute approximate surface area is 165 Å². The number of methoxy groups -OCH3 is 1. The molecule has 1 aromatic heterocycles. The molecule has 0 radical (unpaired) electrons. The zero-order valence-corrected chi connectivity index (χ0v) is 16.6. The Morgan fingerprint density at radius 1 is 1.11 bits per heavy atom. The molecule has 1 aliphatic carbocycles. The first-order chi connectivity index (χ1) is 13.6. The molecule has 6 nitrogen and oxygen atoms in total. The van der Waals surface area contributed by atoms with Gasteiger partial charge in [-0.25, -0.2) is 0 Å². The fraction of sp³-hybridized carbons (Fsp3) is 0.500. The largest absolute Gasteiger partial charge is 0.494 e. The van der Waals surface area contributed by atoms with Crippen molar-refractivity contribution in [2.45, 2.75) is 51.5 Å². The number of benzene rings is 1. The van der Waals surface area contributed by atoms with E-state index in [-0.39, 0.29) is 29.0 Å². The van der Waals surface area contributed by atoms with Crippen molar-refractivity contribution in [3.8, 4) is 11.4 Å². The van der Waals surface area contributed by atoms with E-state index in [4.69, 9.17) is 4.74 Å². The van der Waals surface area contributed by atoms with Crippen LogP contribution < -0.4 is 10.3 Å². The topological polar surface area (TPSA) is 64.4 Å². The first-order valence-electron chi connectivity index (χ1n) is 10.1. The van der Waals surface area contributed by atoms with E-state index in [1.807, 2.05) is 36.1 Å². The third-order valence-corrected chi connectivity index (χ3v) is 6.10. The summed E-state index contributed by atoms with van der Waals surface area (Å²) in [6.07, 6.45) is 6.88. The molecule has 0 bridgehead atoms. The summed E-state index contributed by atoms with van der Waals surface area (Å²) in [5, 5.41) is 4.44. The Kier molecular flexibility index (Phi) is 5.20. The first kappa shape index (κ1) is 18.7. The number of carbonyl (C=O) groups is 1. The number of fused-ring (bicyclic) bond motifs is 1. The summed E-state index contributed by atoms with van der Waals surface area (Å²) in [6.45, 7) is 2.73. The second-order valence-electron chi connectivity index (χ2n) is 7.90. The number of nitrogens with zero attached hydrogens (tertiary/aromatic N) is 3. The van der Waals surface area contributed by atoms with E-state index in [1.165, 1.54) is 43.5 Å². The number of aromatic nitrogens is 2. The van der Waals surface area contributed by atoms with E-state index in [0.29, 0.717) is 11.6 Å². The highest BCUT2D eigenvalue weighted by Gasteiger charge is 2.37. The minimum absolute atomic E-state index is 0.130. The Morgan fingerprint density at radius 2 is 1.82 bits per heavy atom. The van der Waals surface area contributed by atoms with Gasteiger partial charge in [0.1, 0.15) is 0 Å².